The minimum Gasteiger partial charge on any atom is -0.477 e. The Kier molecular flexibility index (Phi) is 4.79. The molecule has 1 atom stereocenters. The number of hydrogen-bond acceptors (Lipinski definition) is 4. The van der Waals surface area contributed by atoms with Gasteiger partial charge in [-0.1, -0.05) is 35.9 Å². The van der Waals surface area contributed by atoms with Crippen LogP contribution in [0.15, 0.2) is 65.1 Å². The lowest BCUT2D eigenvalue weighted by Gasteiger charge is -2.33. The fourth-order valence-corrected chi connectivity index (χ4v) is 3.34. The van der Waals surface area contributed by atoms with Gasteiger partial charge in [-0.3, -0.25) is 14.5 Å². The Labute approximate surface area is 166 Å². The van der Waals surface area contributed by atoms with Crippen LogP contribution in [-0.2, 0) is 4.79 Å². The van der Waals surface area contributed by atoms with E-state index in [0.717, 1.165) is 0 Å². The number of rotatable bonds is 3. The first kappa shape index (κ1) is 18.1. The van der Waals surface area contributed by atoms with Crippen LogP contribution < -0.4 is 15.0 Å². The maximum atomic E-state index is 13.2. The molecule has 0 fully saturated rings. The highest BCUT2D eigenvalue weighted by Gasteiger charge is 2.34. The molecule has 28 heavy (non-hydrogen) atoms. The van der Waals surface area contributed by atoms with Gasteiger partial charge in [0.05, 0.1) is 17.3 Å². The third kappa shape index (κ3) is 3.23. The molecule has 4 rings (SSSR count). The number of likely N-dealkylation sites (N-methyl/N-ethyl adjacent to an activating group) is 1. The summed E-state index contributed by atoms with van der Waals surface area (Å²) >= 11 is 6.22. The zero-order valence-corrected chi connectivity index (χ0v) is 15.8. The fourth-order valence-electron chi connectivity index (χ4n) is 3.12. The van der Waals surface area contributed by atoms with Crippen molar-refractivity contribution in [2.45, 2.75) is 6.10 Å². The van der Waals surface area contributed by atoms with E-state index in [0.29, 0.717) is 27.8 Å². The van der Waals surface area contributed by atoms with E-state index in [1.165, 1.54) is 11.9 Å². The van der Waals surface area contributed by atoms with Crippen LogP contribution in [-0.4, -0.2) is 31.5 Å². The Morgan fingerprint density at radius 1 is 1.07 bits per heavy atom. The summed E-state index contributed by atoms with van der Waals surface area (Å²) in [6.07, 6.45) is -0.804. The summed E-state index contributed by atoms with van der Waals surface area (Å²) < 4.78 is 11.5. The molecular weight excluding hydrogens is 380 g/mol. The number of halogens is 1. The van der Waals surface area contributed by atoms with Crippen LogP contribution in [0, 0.1) is 0 Å². The topological polar surface area (TPSA) is 71.8 Å². The van der Waals surface area contributed by atoms with Crippen molar-refractivity contribution in [2.24, 2.45) is 0 Å². The Hall–Kier alpha value is -3.25. The van der Waals surface area contributed by atoms with Gasteiger partial charge < -0.3 is 14.5 Å². The van der Waals surface area contributed by atoms with Gasteiger partial charge in [0.1, 0.15) is 11.5 Å². The number of carbonyl (C=O) groups excluding carboxylic acids is 2. The molecule has 7 heteroatoms. The van der Waals surface area contributed by atoms with Crippen LogP contribution in [0.5, 0.6) is 5.75 Å². The quantitative estimate of drug-likeness (QED) is 0.731. The van der Waals surface area contributed by atoms with Gasteiger partial charge in [-0.05, 0) is 36.4 Å². The maximum Gasteiger partial charge on any atom is 0.294 e. The second kappa shape index (κ2) is 7.40. The molecule has 1 aliphatic heterocycles. The summed E-state index contributed by atoms with van der Waals surface area (Å²) in [5.41, 5.74) is 1.29. The van der Waals surface area contributed by atoms with Gasteiger partial charge >= 0.3 is 0 Å². The molecule has 1 aliphatic rings. The van der Waals surface area contributed by atoms with E-state index in [1.54, 1.807) is 42.5 Å². The summed E-state index contributed by atoms with van der Waals surface area (Å²) in [6, 6.07) is 17.6. The lowest BCUT2D eigenvalue weighted by molar-refractivity contribution is -0.127. The molecule has 0 saturated heterocycles. The molecular formula is C21H17ClN2O4. The van der Waals surface area contributed by atoms with Gasteiger partial charge in [0, 0.05) is 12.6 Å². The first-order chi connectivity index (χ1) is 13.6. The zero-order valence-electron chi connectivity index (χ0n) is 15.0. The van der Waals surface area contributed by atoms with E-state index in [9.17, 15) is 9.59 Å². The number of para-hydroxylation sites is 2. The van der Waals surface area contributed by atoms with Crippen molar-refractivity contribution in [1.29, 1.82) is 0 Å². The molecule has 2 heterocycles. The second-order valence-electron chi connectivity index (χ2n) is 6.25. The smallest absolute Gasteiger partial charge is 0.294 e. The molecule has 0 aliphatic carbocycles. The normalized spacial score (nSPS) is 15.5. The second-order valence-corrected chi connectivity index (χ2v) is 6.66. The number of amides is 2. The van der Waals surface area contributed by atoms with Crippen molar-refractivity contribution in [1.82, 2.24) is 5.32 Å². The standard InChI is InChI=1S/C21H17ClN2O4/c1-23-20(25)19-12-24(15-8-4-5-9-17(15)28-19)21(26)18-11-10-16(27-18)13-6-2-3-7-14(13)22/h2-11,19H,12H2,1H3,(H,23,25)/t19-/m1/s1. The van der Waals surface area contributed by atoms with Crippen molar-refractivity contribution >= 4 is 29.1 Å². The average molecular weight is 397 g/mol. The number of carbonyl (C=O) groups is 2. The van der Waals surface area contributed by atoms with Gasteiger partial charge in [0.25, 0.3) is 11.8 Å². The van der Waals surface area contributed by atoms with Gasteiger partial charge in [-0.15, -0.1) is 0 Å². The summed E-state index contributed by atoms with van der Waals surface area (Å²) in [6.45, 7) is 0.0810. The van der Waals surface area contributed by atoms with E-state index >= 15 is 0 Å². The Morgan fingerprint density at radius 3 is 2.61 bits per heavy atom. The summed E-state index contributed by atoms with van der Waals surface area (Å²) in [5, 5.41) is 3.09. The minimum atomic E-state index is -0.804. The van der Waals surface area contributed by atoms with Crippen molar-refractivity contribution in [3.05, 3.63) is 71.4 Å². The lowest BCUT2D eigenvalue weighted by Crippen LogP contribution is -2.50. The maximum absolute atomic E-state index is 13.2. The van der Waals surface area contributed by atoms with E-state index < -0.39 is 6.10 Å². The molecule has 3 aromatic rings. The van der Waals surface area contributed by atoms with E-state index in [-0.39, 0.29) is 24.1 Å². The van der Waals surface area contributed by atoms with Crippen LogP contribution in [0.4, 0.5) is 5.69 Å². The molecule has 2 amide bonds. The summed E-state index contributed by atoms with van der Waals surface area (Å²) in [5.74, 6) is 0.459. The summed E-state index contributed by atoms with van der Waals surface area (Å²) in [4.78, 5) is 26.8. The van der Waals surface area contributed by atoms with Gasteiger partial charge in [0.15, 0.2) is 11.9 Å². The third-order valence-corrected chi connectivity index (χ3v) is 4.84. The van der Waals surface area contributed by atoms with Gasteiger partial charge in [-0.2, -0.15) is 0 Å². The Balaban J connectivity index is 1.68. The molecule has 2 aromatic carbocycles. The molecule has 1 N–H and O–H groups in total. The van der Waals surface area contributed by atoms with Crippen molar-refractivity contribution in [3.8, 4) is 17.1 Å². The monoisotopic (exact) mass is 396 g/mol. The van der Waals surface area contributed by atoms with Crippen molar-refractivity contribution < 1.29 is 18.7 Å². The van der Waals surface area contributed by atoms with Crippen LogP contribution in [0.25, 0.3) is 11.3 Å². The average Bonchev–Trinajstić information content (AvgIpc) is 3.22. The van der Waals surface area contributed by atoms with E-state index in [4.69, 9.17) is 20.8 Å². The minimum absolute atomic E-state index is 0.0810. The number of ether oxygens (including phenoxy) is 1. The Morgan fingerprint density at radius 2 is 1.82 bits per heavy atom. The van der Waals surface area contributed by atoms with E-state index in [2.05, 4.69) is 5.32 Å². The number of fused-ring (bicyclic) bond motifs is 1. The first-order valence-corrected chi connectivity index (χ1v) is 9.10. The number of nitrogens with one attached hydrogen (secondary N) is 1. The number of furan rings is 1. The van der Waals surface area contributed by atoms with Crippen LogP contribution in [0.2, 0.25) is 5.02 Å². The van der Waals surface area contributed by atoms with Crippen molar-refractivity contribution in [2.75, 3.05) is 18.5 Å². The molecule has 142 valence electrons. The van der Waals surface area contributed by atoms with Crippen LogP contribution >= 0.6 is 11.6 Å². The van der Waals surface area contributed by atoms with E-state index in [1.807, 2.05) is 18.2 Å². The molecule has 1 aromatic heterocycles. The number of hydrogen-bond donors (Lipinski definition) is 1. The summed E-state index contributed by atoms with van der Waals surface area (Å²) in [7, 11) is 1.53. The molecule has 6 nitrogen and oxygen atoms in total. The molecule has 0 bridgehead atoms. The Bertz CT molecular complexity index is 1050. The molecule has 0 radical (unpaired) electrons. The van der Waals surface area contributed by atoms with Gasteiger partial charge in [0.2, 0.25) is 0 Å². The molecule has 0 saturated carbocycles. The number of anilines is 1. The highest BCUT2D eigenvalue weighted by Crippen LogP contribution is 2.35. The number of benzene rings is 2. The largest absolute Gasteiger partial charge is 0.477 e. The highest BCUT2D eigenvalue weighted by atomic mass is 35.5. The van der Waals surface area contributed by atoms with Crippen molar-refractivity contribution in [3.63, 3.8) is 0 Å². The molecule has 0 unspecified atom stereocenters. The fraction of sp³-hybridized carbons (Fsp3) is 0.143. The first-order valence-electron chi connectivity index (χ1n) is 8.72. The lowest BCUT2D eigenvalue weighted by atomic mass is 10.1. The predicted octanol–water partition coefficient (Wildman–Crippen LogP) is 3.75. The highest BCUT2D eigenvalue weighted by molar-refractivity contribution is 6.33. The third-order valence-electron chi connectivity index (χ3n) is 4.51. The van der Waals surface area contributed by atoms with Crippen LogP contribution in [0.1, 0.15) is 10.6 Å². The SMILES string of the molecule is CNC(=O)[C@H]1CN(C(=O)c2ccc(-c3ccccc3Cl)o2)c2ccccc2O1. The zero-order chi connectivity index (χ0) is 19.7. The molecule has 0 spiro atoms. The van der Waals surface area contributed by atoms with Gasteiger partial charge in [-0.25, -0.2) is 0 Å². The number of nitrogens with zero attached hydrogens (tertiary/aromatic N) is 1. The predicted molar refractivity (Wildman–Crippen MR) is 106 cm³/mol. The van der Waals surface area contributed by atoms with Crippen LogP contribution in [0.3, 0.4) is 0 Å².